The molecule has 6 heteroatoms. The highest BCUT2D eigenvalue weighted by Gasteiger charge is 2.36. The molecular weight excluding hydrogens is 293 g/mol. The van der Waals surface area contributed by atoms with Crippen LogP contribution in [0.25, 0.3) is 5.70 Å². The molecular formula is C16H13F3N2O. The van der Waals surface area contributed by atoms with E-state index in [-0.39, 0.29) is 5.70 Å². The van der Waals surface area contributed by atoms with Gasteiger partial charge in [0.2, 0.25) is 0 Å². The first-order valence-electron chi connectivity index (χ1n) is 6.43. The van der Waals surface area contributed by atoms with Crippen molar-refractivity contribution in [3.8, 4) is 0 Å². The number of aryl methyl sites for hydroxylation is 1. The number of anilines is 1. The third kappa shape index (κ3) is 4.18. The summed E-state index contributed by atoms with van der Waals surface area (Å²) >= 11 is 0. The fraction of sp³-hybridized carbons (Fsp3) is 0.125. The number of nitrogens with zero attached hydrogens (tertiary/aromatic N) is 1. The number of hydrogen-bond acceptors (Lipinski definition) is 3. The molecule has 0 bridgehead atoms. The molecule has 2 aromatic rings. The second-order valence-electron chi connectivity index (χ2n) is 4.65. The summed E-state index contributed by atoms with van der Waals surface area (Å²) in [7, 11) is 0. The number of carbonyl (C=O) groups excluding carboxylic acids is 1. The van der Waals surface area contributed by atoms with E-state index >= 15 is 0 Å². The van der Waals surface area contributed by atoms with Crippen LogP contribution in [0.1, 0.15) is 11.1 Å². The van der Waals surface area contributed by atoms with Gasteiger partial charge in [-0.25, -0.2) is 0 Å². The summed E-state index contributed by atoms with van der Waals surface area (Å²) in [4.78, 5) is 15.0. The Hall–Kier alpha value is -2.63. The van der Waals surface area contributed by atoms with Crippen LogP contribution in [0.3, 0.4) is 0 Å². The molecule has 1 heterocycles. The van der Waals surface area contributed by atoms with Crippen molar-refractivity contribution in [3.63, 3.8) is 0 Å². The first-order valence-corrected chi connectivity index (χ1v) is 6.43. The largest absolute Gasteiger partial charge is 0.454 e. The Morgan fingerprint density at radius 1 is 1.09 bits per heavy atom. The third-order valence-electron chi connectivity index (χ3n) is 2.88. The highest BCUT2D eigenvalue weighted by Crippen LogP contribution is 2.22. The minimum Gasteiger partial charge on any atom is -0.355 e. The lowest BCUT2D eigenvalue weighted by atomic mass is 10.1. The summed E-state index contributed by atoms with van der Waals surface area (Å²) in [5.74, 6) is -1.92. The highest BCUT2D eigenvalue weighted by atomic mass is 19.4. The molecule has 0 saturated heterocycles. The van der Waals surface area contributed by atoms with Crippen LogP contribution in [0, 0.1) is 6.92 Å². The average molecular weight is 306 g/mol. The lowest BCUT2D eigenvalue weighted by Gasteiger charge is -2.12. The van der Waals surface area contributed by atoms with Gasteiger partial charge >= 0.3 is 6.18 Å². The van der Waals surface area contributed by atoms with Gasteiger partial charge in [-0.2, -0.15) is 13.2 Å². The van der Waals surface area contributed by atoms with Crippen LogP contribution in [0.2, 0.25) is 0 Å². The monoisotopic (exact) mass is 306 g/mol. The number of ketones is 1. The second-order valence-corrected chi connectivity index (χ2v) is 4.65. The van der Waals surface area contributed by atoms with Crippen molar-refractivity contribution in [2.75, 3.05) is 5.32 Å². The molecule has 1 aromatic heterocycles. The Morgan fingerprint density at radius 2 is 1.68 bits per heavy atom. The molecule has 2 rings (SSSR count). The van der Waals surface area contributed by atoms with Gasteiger partial charge in [-0.1, -0.05) is 17.7 Å². The zero-order valence-corrected chi connectivity index (χ0v) is 11.7. The van der Waals surface area contributed by atoms with E-state index < -0.39 is 12.0 Å². The van der Waals surface area contributed by atoms with Crippen molar-refractivity contribution in [3.05, 3.63) is 66.0 Å². The smallest absolute Gasteiger partial charge is 0.355 e. The van der Waals surface area contributed by atoms with Gasteiger partial charge in [-0.15, -0.1) is 0 Å². The Bertz CT molecular complexity index is 677. The number of hydrogen-bond donors (Lipinski definition) is 1. The fourth-order valence-electron chi connectivity index (χ4n) is 1.73. The van der Waals surface area contributed by atoms with Crippen molar-refractivity contribution in [1.82, 2.24) is 4.98 Å². The molecule has 0 aliphatic heterocycles. The van der Waals surface area contributed by atoms with Crippen LogP contribution in [0.15, 0.2) is 54.9 Å². The van der Waals surface area contributed by atoms with Crippen LogP contribution in [0.5, 0.6) is 0 Å². The van der Waals surface area contributed by atoms with Crippen molar-refractivity contribution >= 4 is 17.2 Å². The van der Waals surface area contributed by atoms with E-state index in [0.717, 1.165) is 5.56 Å². The lowest BCUT2D eigenvalue weighted by molar-refractivity contribution is -0.165. The molecule has 0 aliphatic rings. The Morgan fingerprint density at radius 3 is 2.23 bits per heavy atom. The standard InChI is InChI=1S/C16H13F3N2O/c1-11-2-4-13(5-3-11)21-14(10-15(22)16(17,18)19)12-6-8-20-9-7-12/h2-10,21H,1H3/b14-10-. The molecule has 0 aliphatic carbocycles. The maximum absolute atomic E-state index is 12.5. The highest BCUT2D eigenvalue weighted by molar-refractivity contribution is 6.02. The number of halogens is 3. The second kappa shape index (κ2) is 6.43. The number of rotatable bonds is 4. The molecule has 0 radical (unpaired) electrons. The topological polar surface area (TPSA) is 42.0 Å². The van der Waals surface area contributed by atoms with E-state index in [0.29, 0.717) is 17.3 Å². The Balaban J connectivity index is 2.36. The van der Waals surface area contributed by atoms with E-state index in [1.54, 1.807) is 12.1 Å². The van der Waals surface area contributed by atoms with Gasteiger partial charge in [-0.3, -0.25) is 9.78 Å². The minimum absolute atomic E-state index is 0.0635. The van der Waals surface area contributed by atoms with E-state index in [1.165, 1.54) is 24.5 Å². The van der Waals surface area contributed by atoms with Gasteiger partial charge in [0.1, 0.15) is 0 Å². The summed E-state index contributed by atoms with van der Waals surface area (Å²) in [5.41, 5.74) is 2.11. The number of pyridine rings is 1. The van der Waals surface area contributed by atoms with E-state index in [2.05, 4.69) is 10.3 Å². The van der Waals surface area contributed by atoms with Gasteiger partial charge in [0.25, 0.3) is 5.78 Å². The van der Waals surface area contributed by atoms with Gasteiger partial charge < -0.3 is 5.32 Å². The van der Waals surface area contributed by atoms with Crippen LogP contribution in [-0.2, 0) is 4.79 Å². The van der Waals surface area contributed by atoms with E-state index in [4.69, 9.17) is 0 Å². The van der Waals surface area contributed by atoms with Crippen molar-refractivity contribution in [2.45, 2.75) is 13.1 Å². The average Bonchev–Trinajstić information content (AvgIpc) is 2.48. The van der Waals surface area contributed by atoms with Crippen molar-refractivity contribution < 1.29 is 18.0 Å². The summed E-state index contributed by atoms with van der Waals surface area (Å²) < 4.78 is 37.4. The Kier molecular flexibility index (Phi) is 4.60. The quantitative estimate of drug-likeness (QED) is 0.869. The number of benzene rings is 1. The molecule has 0 spiro atoms. The number of carbonyl (C=O) groups is 1. The molecule has 22 heavy (non-hydrogen) atoms. The van der Waals surface area contributed by atoms with Gasteiger partial charge in [0, 0.05) is 35.4 Å². The number of aromatic nitrogens is 1. The van der Waals surface area contributed by atoms with Crippen LogP contribution in [-0.4, -0.2) is 16.9 Å². The molecule has 0 fully saturated rings. The van der Waals surface area contributed by atoms with E-state index in [9.17, 15) is 18.0 Å². The van der Waals surface area contributed by atoms with Crippen molar-refractivity contribution in [1.29, 1.82) is 0 Å². The summed E-state index contributed by atoms with van der Waals surface area (Å²) in [6, 6.07) is 10.1. The molecule has 0 unspecified atom stereocenters. The lowest BCUT2D eigenvalue weighted by Crippen LogP contribution is -2.21. The molecule has 3 nitrogen and oxygen atoms in total. The van der Waals surface area contributed by atoms with Crippen LogP contribution >= 0.6 is 0 Å². The summed E-state index contributed by atoms with van der Waals surface area (Å²) in [5, 5.41) is 2.84. The maximum atomic E-state index is 12.5. The molecule has 1 N–H and O–H groups in total. The molecule has 0 amide bonds. The van der Waals surface area contributed by atoms with Gasteiger partial charge in [0.15, 0.2) is 0 Å². The molecule has 0 saturated carbocycles. The fourth-order valence-corrected chi connectivity index (χ4v) is 1.73. The predicted octanol–water partition coefficient (Wildman–Crippen LogP) is 3.97. The summed E-state index contributed by atoms with van der Waals surface area (Å²) in [6.07, 6.45) is -1.47. The van der Waals surface area contributed by atoms with Gasteiger partial charge in [0.05, 0.1) is 0 Å². The normalized spacial score (nSPS) is 12.1. The van der Waals surface area contributed by atoms with E-state index in [1.807, 2.05) is 19.1 Å². The van der Waals surface area contributed by atoms with Crippen LogP contribution < -0.4 is 5.32 Å². The maximum Gasteiger partial charge on any atom is 0.454 e. The zero-order valence-electron chi connectivity index (χ0n) is 11.7. The molecule has 0 atom stereocenters. The minimum atomic E-state index is -4.91. The molecule has 1 aromatic carbocycles. The Labute approximate surface area is 125 Å². The molecule has 114 valence electrons. The van der Waals surface area contributed by atoms with Gasteiger partial charge in [-0.05, 0) is 31.2 Å². The third-order valence-corrected chi connectivity index (χ3v) is 2.88. The number of alkyl halides is 3. The SMILES string of the molecule is Cc1ccc(N/C(=C\C(=O)C(F)(F)F)c2ccncc2)cc1. The van der Waals surface area contributed by atoms with Crippen molar-refractivity contribution in [2.24, 2.45) is 0 Å². The first kappa shape index (κ1) is 15.8. The number of allylic oxidation sites excluding steroid dienone is 1. The van der Waals surface area contributed by atoms with Crippen LogP contribution in [0.4, 0.5) is 18.9 Å². The number of nitrogens with one attached hydrogen (secondary N) is 1. The zero-order chi connectivity index (χ0) is 16.2. The first-order chi connectivity index (χ1) is 10.4. The summed E-state index contributed by atoms with van der Waals surface area (Å²) in [6.45, 7) is 1.90. The predicted molar refractivity (Wildman–Crippen MR) is 78.1 cm³/mol.